The second-order valence-electron chi connectivity index (χ2n) is 9.83. The van der Waals surface area contributed by atoms with Crippen LogP contribution in [-0.4, -0.2) is 40.7 Å². The second-order valence-corrected chi connectivity index (χ2v) is 9.83. The zero-order chi connectivity index (χ0) is 24.8. The summed E-state index contributed by atoms with van der Waals surface area (Å²) in [4.78, 5) is 0. The fourth-order valence-electron chi connectivity index (χ4n) is 5.08. The normalized spacial score (nSPS) is 15.3. The lowest BCUT2D eigenvalue weighted by Crippen LogP contribution is -2.26. The van der Waals surface area contributed by atoms with Crippen LogP contribution in [0.3, 0.4) is 0 Å². The average molecular weight is 465 g/mol. The first kappa shape index (κ1) is 26.3. The van der Waals surface area contributed by atoms with Gasteiger partial charge in [0.2, 0.25) is 0 Å². The molecule has 184 valence electrons. The zero-order valence-corrected chi connectivity index (χ0v) is 21.2. The Balaban J connectivity index is 1.89. The van der Waals surface area contributed by atoms with Crippen molar-refractivity contribution in [3.63, 3.8) is 0 Å². The van der Waals surface area contributed by atoms with Crippen molar-refractivity contribution in [2.24, 2.45) is 5.92 Å². The minimum atomic E-state index is -0.822. The molecule has 0 aromatic heterocycles. The number of hydrogen-bond acceptors (Lipinski definition) is 4. The van der Waals surface area contributed by atoms with E-state index in [0.29, 0.717) is 0 Å². The lowest BCUT2D eigenvalue weighted by Gasteiger charge is -2.34. The maximum Gasteiger partial charge on any atom is 0.125 e. The van der Waals surface area contributed by atoms with Gasteiger partial charge in [0, 0.05) is 16.9 Å². The Bertz CT molecular complexity index is 1020. The second kappa shape index (κ2) is 11.4. The highest BCUT2D eigenvalue weighted by atomic mass is 16.5. The van der Waals surface area contributed by atoms with Crippen molar-refractivity contribution in [1.82, 2.24) is 0 Å². The summed E-state index contributed by atoms with van der Waals surface area (Å²) in [5.74, 6) is 6.89. The van der Waals surface area contributed by atoms with Crippen molar-refractivity contribution >= 4 is 0 Å². The molecule has 3 rings (SSSR count). The molecule has 0 aliphatic heterocycles. The van der Waals surface area contributed by atoms with E-state index in [1.165, 1.54) is 11.1 Å². The van der Waals surface area contributed by atoms with Crippen molar-refractivity contribution in [3.05, 3.63) is 64.2 Å². The Hall–Kier alpha value is -2.32. The largest absolute Gasteiger partial charge is 0.493 e. The highest BCUT2D eigenvalue weighted by Gasteiger charge is 2.32. The number of aliphatic hydroxyl groups excluding tert-OH is 2. The molecule has 0 saturated heterocycles. The first-order valence-electron chi connectivity index (χ1n) is 12.6. The van der Waals surface area contributed by atoms with E-state index >= 15 is 0 Å². The third-order valence-electron chi connectivity index (χ3n) is 7.57. The van der Waals surface area contributed by atoms with Crippen LogP contribution < -0.4 is 4.74 Å². The van der Waals surface area contributed by atoms with Crippen molar-refractivity contribution < 1.29 is 20.1 Å². The fourth-order valence-corrected chi connectivity index (χ4v) is 5.08. The van der Waals surface area contributed by atoms with Crippen LogP contribution in [0.15, 0.2) is 36.4 Å². The lowest BCUT2D eigenvalue weighted by atomic mass is 9.70. The van der Waals surface area contributed by atoms with Gasteiger partial charge in [-0.25, -0.2) is 0 Å². The van der Waals surface area contributed by atoms with E-state index in [2.05, 4.69) is 62.9 Å². The number of aliphatic hydroxyl groups is 3. The molecule has 4 heteroatoms. The molecule has 1 aliphatic carbocycles. The highest BCUT2D eigenvalue weighted by Crippen LogP contribution is 2.41. The Morgan fingerprint density at radius 2 is 1.53 bits per heavy atom. The van der Waals surface area contributed by atoms with Gasteiger partial charge in [-0.1, -0.05) is 50.0 Å². The lowest BCUT2D eigenvalue weighted by molar-refractivity contribution is 0.106. The van der Waals surface area contributed by atoms with Crippen molar-refractivity contribution in [3.8, 4) is 17.6 Å². The smallest absolute Gasteiger partial charge is 0.125 e. The molecule has 3 N–H and O–H groups in total. The summed E-state index contributed by atoms with van der Waals surface area (Å²) in [6, 6.07) is 12.9. The Morgan fingerprint density at radius 3 is 2.06 bits per heavy atom. The summed E-state index contributed by atoms with van der Waals surface area (Å²) in [7, 11) is 0. The maximum atomic E-state index is 10.6. The van der Waals surface area contributed by atoms with E-state index in [1.54, 1.807) is 0 Å². The summed E-state index contributed by atoms with van der Waals surface area (Å²) in [5, 5.41) is 29.2. The van der Waals surface area contributed by atoms with Crippen molar-refractivity contribution in [2.45, 2.75) is 77.2 Å². The molecule has 34 heavy (non-hydrogen) atoms. The van der Waals surface area contributed by atoms with Crippen LogP contribution in [0.25, 0.3) is 0 Å². The monoisotopic (exact) mass is 464 g/mol. The molecule has 2 aromatic carbocycles. The maximum absolute atomic E-state index is 10.6. The number of aryl methyl sites for hydroxylation is 2. The van der Waals surface area contributed by atoms with Crippen LogP contribution >= 0.6 is 0 Å². The third kappa shape index (κ3) is 5.66. The summed E-state index contributed by atoms with van der Waals surface area (Å²) in [6.07, 6.45) is 5.56. The number of hydrogen-bond donors (Lipinski definition) is 3. The number of benzene rings is 2. The van der Waals surface area contributed by atoms with Crippen LogP contribution in [0.1, 0.15) is 80.2 Å². The SMILES string of the molecule is CCC(CC)(c1ccc(C#CC2(O)CCCC2)c(C)c1)c1ccc(OCC(CO)CO)c(C)c1. The summed E-state index contributed by atoms with van der Waals surface area (Å²) >= 11 is 0. The predicted molar refractivity (Wildman–Crippen MR) is 137 cm³/mol. The van der Waals surface area contributed by atoms with E-state index in [0.717, 1.165) is 61.0 Å². The van der Waals surface area contributed by atoms with Crippen LogP contribution in [-0.2, 0) is 5.41 Å². The Morgan fingerprint density at radius 1 is 0.941 bits per heavy atom. The van der Waals surface area contributed by atoms with Gasteiger partial charge in [-0.15, -0.1) is 0 Å². The van der Waals surface area contributed by atoms with Gasteiger partial charge in [0.15, 0.2) is 0 Å². The summed E-state index contributed by atoms with van der Waals surface area (Å²) in [5.41, 5.74) is 4.73. The molecule has 2 aromatic rings. The van der Waals surface area contributed by atoms with Crippen LogP contribution in [0.5, 0.6) is 5.75 Å². The topological polar surface area (TPSA) is 69.9 Å². The van der Waals surface area contributed by atoms with E-state index in [4.69, 9.17) is 4.74 Å². The molecule has 0 heterocycles. The quantitative estimate of drug-likeness (QED) is 0.455. The predicted octanol–water partition coefficient (Wildman–Crippen LogP) is 5.05. The molecule has 1 fully saturated rings. The molecule has 4 nitrogen and oxygen atoms in total. The minimum Gasteiger partial charge on any atom is -0.493 e. The van der Waals surface area contributed by atoms with Gasteiger partial charge in [0.1, 0.15) is 11.4 Å². The molecule has 1 aliphatic rings. The van der Waals surface area contributed by atoms with Crippen molar-refractivity contribution in [2.75, 3.05) is 19.8 Å². The summed E-state index contributed by atoms with van der Waals surface area (Å²) in [6.45, 7) is 8.70. The standard InChI is InChI=1S/C30H40O4/c1-5-30(6-2,27-11-12-28(23(4)18-27)34-21-24(19-31)20-32)26-10-9-25(22(3)17-26)13-16-29(33)14-7-8-15-29/h9-12,17-18,24,31-33H,5-8,14-15,19-21H2,1-4H3. The molecule has 0 bridgehead atoms. The van der Waals surface area contributed by atoms with Crippen LogP contribution in [0, 0.1) is 31.6 Å². The third-order valence-corrected chi connectivity index (χ3v) is 7.57. The van der Waals surface area contributed by atoms with Gasteiger partial charge in [0.25, 0.3) is 0 Å². The Labute approximate surface area is 205 Å². The minimum absolute atomic E-state index is 0.0958. The molecule has 0 unspecified atom stereocenters. The van der Waals surface area contributed by atoms with E-state index in [-0.39, 0.29) is 31.2 Å². The van der Waals surface area contributed by atoms with Gasteiger partial charge in [0.05, 0.1) is 19.8 Å². The van der Waals surface area contributed by atoms with Gasteiger partial charge < -0.3 is 20.1 Å². The van der Waals surface area contributed by atoms with Gasteiger partial charge in [-0.05, 0) is 86.8 Å². The highest BCUT2D eigenvalue weighted by molar-refractivity contribution is 5.50. The van der Waals surface area contributed by atoms with Gasteiger partial charge >= 0.3 is 0 Å². The molecule has 1 saturated carbocycles. The summed E-state index contributed by atoms with van der Waals surface area (Å²) < 4.78 is 5.88. The van der Waals surface area contributed by atoms with Crippen LogP contribution in [0.4, 0.5) is 0 Å². The first-order valence-corrected chi connectivity index (χ1v) is 12.6. The zero-order valence-electron chi connectivity index (χ0n) is 21.2. The Kier molecular flexibility index (Phi) is 8.82. The molecular weight excluding hydrogens is 424 g/mol. The molecule has 0 atom stereocenters. The molecule has 0 amide bonds. The fraction of sp³-hybridized carbons (Fsp3) is 0.533. The molecule has 0 spiro atoms. The van der Waals surface area contributed by atoms with Gasteiger partial charge in [-0.2, -0.15) is 0 Å². The van der Waals surface area contributed by atoms with E-state index in [9.17, 15) is 15.3 Å². The van der Waals surface area contributed by atoms with Crippen molar-refractivity contribution in [1.29, 1.82) is 0 Å². The number of rotatable bonds is 9. The molecular formula is C30H40O4. The molecule has 0 radical (unpaired) electrons. The van der Waals surface area contributed by atoms with Crippen LogP contribution in [0.2, 0.25) is 0 Å². The van der Waals surface area contributed by atoms with Gasteiger partial charge in [-0.3, -0.25) is 0 Å². The average Bonchev–Trinajstić information content (AvgIpc) is 3.28. The first-order chi connectivity index (χ1) is 16.3. The van der Waals surface area contributed by atoms with E-state index < -0.39 is 5.60 Å². The van der Waals surface area contributed by atoms with E-state index in [1.807, 2.05) is 13.0 Å². The number of ether oxygens (including phenoxy) is 1.